The van der Waals surface area contributed by atoms with E-state index in [1.807, 2.05) is 0 Å². The maximum Gasteiger partial charge on any atom is -0.0148 e. The van der Waals surface area contributed by atoms with Crippen molar-refractivity contribution in [1.82, 2.24) is 0 Å². The minimum absolute atomic E-state index is 1.12. The predicted molar refractivity (Wildman–Crippen MR) is 62.5 cm³/mol. The van der Waals surface area contributed by atoms with Gasteiger partial charge >= 0.3 is 0 Å². The third-order valence-corrected chi connectivity index (χ3v) is 2.63. The van der Waals surface area contributed by atoms with E-state index in [0.717, 1.165) is 6.42 Å². The number of hydrogen-bond donors (Lipinski definition) is 0. The molecule has 0 heteroatoms. The molecule has 14 heavy (non-hydrogen) atoms. The zero-order valence-electron chi connectivity index (χ0n) is 9.65. The Morgan fingerprint density at radius 2 is 1.71 bits per heavy atom. The Kier molecular flexibility index (Phi) is 3.94. The summed E-state index contributed by atoms with van der Waals surface area (Å²) in [4.78, 5) is 0. The Morgan fingerprint density at radius 1 is 1.14 bits per heavy atom. The van der Waals surface area contributed by atoms with Crippen LogP contribution in [0.2, 0.25) is 0 Å². The molecule has 0 aliphatic carbocycles. The largest absolute Gasteiger partial charge is 0.0761 e. The van der Waals surface area contributed by atoms with Gasteiger partial charge in [0.25, 0.3) is 0 Å². The van der Waals surface area contributed by atoms with Crippen molar-refractivity contribution in [1.29, 1.82) is 0 Å². The van der Waals surface area contributed by atoms with E-state index < -0.39 is 0 Å². The molecule has 0 aromatic heterocycles. The number of unbranched alkanes of at least 4 members (excludes halogenated alkanes) is 1. The van der Waals surface area contributed by atoms with Gasteiger partial charge in [-0.1, -0.05) is 31.6 Å². The maximum absolute atomic E-state index is 3.33. The van der Waals surface area contributed by atoms with Crippen molar-refractivity contribution in [3.63, 3.8) is 0 Å². The highest BCUT2D eigenvalue weighted by molar-refractivity contribution is 5.39. The first-order valence-corrected chi connectivity index (χ1v) is 5.31. The summed E-state index contributed by atoms with van der Waals surface area (Å²) in [6.45, 7) is 8.68. The van der Waals surface area contributed by atoms with Gasteiger partial charge in [-0.15, -0.1) is 0 Å². The Bertz CT molecular complexity index is 309. The van der Waals surface area contributed by atoms with Gasteiger partial charge in [0.1, 0.15) is 0 Å². The fraction of sp³-hybridized carbons (Fsp3) is 0.429. The van der Waals surface area contributed by atoms with Crippen LogP contribution in [0, 0.1) is 26.8 Å². The van der Waals surface area contributed by atoms with Crippen LogP contribution in [-0.2, 0) is 0 Å². The summed E-state index contributed by atoms with van der Waals surface area (Å²) in [5.41, 5.74) is 5.32. The molecule has 1 radical (unpaired) electrons. The molecule has 1 aromatic carbocycles. The summed E-state index contributed by atoms with van der Waals surface area (Å²) < 4.78 is 0. The molecule has 0 N–H and O–H groups in total. The summed E-state index contributed by atoms with van der Waals surface area (Å²) in [5.74, 6) is 0. The SMILES string of the molecule is CCC/C=[C]\c1cc(C)c(C)c(C)c1. The van der Waals surface area contributed by atoms with Crippen LogP contribution < -0.4 is 0 Å². The number of hydrogen-bond acceptors (Lipinski definition) is 0. The number of benzene rings is 1. The van der Waals surface area contributed by atoms with E-state index in [9.17, 15) is 0 Å². The van der Waals surface area contributed by atoms with E-state index in [1.54, 1.807) is 0 Å². The first-order chi connectivity index (χ1) is 6.65. The zero-order valence-corrected chi connectivity index (χ0v) is 9.65. The lowest BCUT2D eigenvalue weighted by atomic mass is 10.0. The van der Waals surface area contributed by atoms with Crippen LogP contribution >= 0.6 is 0 Å². The second-order valence-corrected chi connectivity index (χ2v) is 3.87. The molecular formula is C14H19. The van der Waals surface area contributed by atoms with Crippen LogP contribution in [0.25, 0.3) is 0 Å². The van der Waals surface area contributed by atoms with E-state index in [2.05, 4.69) is 52.0 Å². The first-order valence-electron chi connectivity index (χ1n) is 5.31. The van der Waals surface area contributed by atoms with Crippen LogP contribution in [0.3, 0.4) is 0 Å². The third kappa shape index (κ3) is 2.73. The summed E-state index contributed by atoms with van der Waals surface area (Å²) >= 11 is 0. The average Bonchev–Trinajstić information content (AvgIpc) is 2.14. The molecule has 1 rings (SSSR count). The van der Waals surface area contributed by atoms with Crippen LogP contribution in [0.5, 0.6) is 0 Å². The summed E-state index contributed by atoms with van der Waals surface area (Å²) in [7, 11) is 0. The van der Waals surface area contributed by atoms with Crippen LogP contribution in [0.4, 0.5) is 0 Å². The smallest absolute Gasteiger partial charge is 0.0148 e. The predicted octanol–water partition coefficient (Wildman–Crippen LogP) is 4.12. The van der Waals surface area contributed by atoms with Gasteiger partial charge in [-0.3, -0.25) is 0 Å². The molecule has 0 heterocycles. The lowest BCUT2D eigenvalue weighted by Gasteiger charge is -2.05. The standard InChI is InChI=1S/C14H19/c1-5-6-7-8-14-9-11(2)13(4)12(3)10-14/h7,9-10H,5-6H2,1-4H3. The van der Waals surface area contributed by atoms with Gasteiger partial charge in [-0.25, -0.2) is 0 Å². The highest BCUT2D eigenvalue weighted by atomic mass is 14.0. The number of aryl methyl sites for hydroxylation is 2. The lowest BCUT2D eigenvalue weighted by molar-refractivity contribution is 0.955. The molecule has 0 bridgehead atoms. The zero-order chi connectivity index (χ0) is 10.6. The maximum atomic E-state index is 3.33. The fourth-order valence-corrected chi connectivity index (χ4v) is 1.45. The first kappa shape index (κ1) is 11.0. The van der Waals surface area contributed by atoms with Gasteiger partial charge in [0, 0.05) is 0 Å². The third-order valence-electron chi connectivity index (χ3n) is 2.63. The molecule has 0 saturated heterocycles. The summed E-state index contributed by atoms with van der Waals surface area (Å²) in [5, 5.41) is 0. The second kappa shape index (κ2) is 4.99. The van der Waals surface area contributed by atoms with E-state index in [-0.39, 0.29) is 0 Å². The van der Waals surface area contributed by atoms with Crippen molar-refractivity contribution in [2.24, 2.45) is 0 Å². The summed E-state index contributed by atoms with van der Waals surface area (Å²) in [6.07, 6.45) is 7.77. The van der Waals surface area contributed by atoms with Crippen molar-refractivity contribution in [3.8, 4) is 0 Å². The Morgan fingerprint density at radius 3 is 2.21 bits per heavy atom. The van der Waals surface area contributed by atoms with Gasteiger partial charge in [0.05, 0.1) is 0 Å². The molecule has 0 spiro atoms. The molecule has 0 atom stereocenters. The van der Waals surface area contributed by atoms with Gasteiger partial charge in [-0.2, -0.15) is 0 Å². The minimum atomic E-state index is 1.12. The van der Waals surface area contributed by atoms with Gasteiger partial charge in [0.15, 0.2) is 0 Å². The molecule has 0 unspecified atom stereocenters. The molecule has 0 aliphatic rings. The lowest BCUT2D eigenvalue weighted by Crippen LogP contribution is -1.88. The highest BCUT2D eigenvalue weighted by Gasteiger charge is 1.98. The van der Waals surface area contributed by atoms with Gasteiger partial charge < -0.3 is 0 Å². The molecular weight excluding hydrogens is 168 g/mol. The van der Waals surface area contributed by atoms with E-state index >= 15 is 0 Å². The van der Waals surface area contributed by atoms with Crippen molar-refractivity contribution in [2.45, 2.75) is 40.5 Å². The van der Waals surface area contributed by atoms with Crippen LogP contribution in [-0.4, -0.2) is 0 Å². The Balaban J connectivity index is 2.89. The quantitative estimate of drug-likeness (QED) is 0.667. The topological polar surface area (TPSA) is 0 Å². The second-order valence-electron chi connectivity index (χ2n) is 3.87. The van der Waals surface area contributed by atoms with Crippen molar-refractivity contribution >= 4 is 0 Å². The molecule has 1 aromatic rings. The molecule has 0 amide bonds. The molecule has 0 nitrogen and oxygen atoms in total. The normalized spacial score (nSPS) is 11.1. The average molecular weight is 187 g/mol. The van der Waals surface area contributed by atoms with Crippen LogP contribution in [0.1, 0.15) is 42.0 Å². The van der Waals surface area contributed by atoms with E-state index in [4.69, 9.17) is 0 Å². The molecule has 0 saturated carbocycles. The fourth-order valence-electron chi connectivity index (χ4n) is 1.45. The van der Waals surface area contributed by atoms with Gasteiger partial charge in [0.2, 0.25) is 0 Å². The van der Waals surface area contributed by atoms with Crippen molar-refractivity contribution < 1.29 is 0 Å². The molecule has 0 aliphatic heterocycles. The minimum Gasteiger partial charge on any atom is -0.0761 e. The van der Waals surface area contributed by atoms with E-state index in [1.165, 1.54) is 28.7 Å². The highest BCUT2D eigenvalue weighted by Crippen LogP contribution is 2.15. The Hall–Kier alpha value is -1.04. The number of rotatable bonds is 3. The van der Waals surface area contributed by atoms with Gasteiger partial charge in [-0.05, 0) is 55.5 Å². The monoisotopic (exact) mass is 187 g/mol. The summed E-state index contributed by atoms with van der Waals surface area (Å²) in [6, 6.07) is 4.41. The molecule has 75 valence electrons. The van der Waals surface area contributed by atoms with Crippen molar-refractivity contribution in [3.05, 3.63) is 46.5 Å². The Labute approximate surface area is 87.7 Å². The van der Waals surface area contributed by atoms with Crippen LogP contribution in [0.15, 0.2) is 18.2 Å². The number of allylic oxidation sites excluding steroid dienone is 1. The van der Waals surface area contributed by atoms with E-state index in [0.29, 0.717) is 0 Å². The molecule has 0 fully saturated rings. The van der Waals surface area contributed by atoms with Crippen molar-refractivity contribution in [2.75, 3.05) is 0 Å².